The summed E-state index contributed by atoms with van der Waals surface area (Å²) in [7, 11) is 1.59. The van der Waals surface area contributed by atoms with Crippen LogP contribution in [0.5, 0.6) is 5.75 Å². The van der Waals surface area contributed by atoms with Crippen LogP contribution in [0.4, 0.5) is 0 Å². The van der Waals surface area contributed by atoms with Gasteiger partial charge in [0.15, 0.2) is 0 Å². The molecule has 0 saturated heterocycles. The van der Waals surface area contributed by atoms with Crippen LogP contribution in [0.3, 0.4) is 0 Å². The number of hydrogen-bond acceptors (Lipinski definition) is 4. The summed E-state index contributed by atoms with van der Waals surface area (Å²) in [5, 5.41) is 3.52. The van der Waals surface area contributed by atoms with Crippen LogP contribution >= 0.6 is 15.9 Å². The van der Waals surface area contributed by atoms with Crippen molar-refractivity contribution in [3.05, 3.63) is 74.6 Å². The van der Waals surface area contributed by atoms with Gasteiger partial charge in [0.1, 0.15) is 16.9 Å². The molecule has 3 aromatic rings. The normalized spacial score (nSPS) is 12.0. The fourth-order valence-corrected chi connectivity index (χ4v) is 3.09. The summed E-state index contributed by atoms with van der Waals surface area (Å²) in [6, 6.07) is 13.9. The van der Waals surface area contributed by atoms with Gasteiger partial charge in [0, 0.05) is 5.39 Å². The van der Waals surface area contributed by atoms with E-state index in [-0.39, 0.29) is 11.6 Å². The molecule has 1 N–H and O–H groups in total. The molecule has 0 spiro atoms. The molecule has 0 radical (unpaired) electrons. The first-order valence-corrected chi connectivity index (χ1v) is 8.46. The lowest BCUT2D eigenvalue weighted by Crippen LogP contribution is -2.30. The van der Waals surface area contributed by atoms with Crippen LogP contribution < -0.4 is 15.7 Å². The number of fused-ring (bicyclic) bond motifs is 1. The van der Waals surface area contributed by atoms with Gasteiger partial charge < -0.3 is 14.5 Å². The van der Waals surface area contributed by atoms with Crippen molar-refractivity contribution < 1.29 is 13.9 Å². The van der Waals surface area contributed by atoms with E-state index in [0.29, 0.717) is 16.7 Å². The average Bonchev–Trinajstić information content (AvgIpc) is 2.60. The number of halogens is 1. The quantitative estimate of drug-likeness (QED) is 0.669. The standard InChI is InChI=1S/C19H16BrNO4/c1-11(12-7-8-17(24-2)15(20)10-12)21-18(22)14-9-13-5-3-4-6-16(13)25-19(14)23/h3-11H,1-2H3,(H,21,22)/t11-/m1/s1. The summed E-state index contributed by atoms with van der Waals surface area (Å²) in [6.45, 7) is 1.84. The molecule has 3 rings (SSSR count). The average molecular weight is 402 g/mol. The molecule has 5 nitrogen and oxygen atoms in total. The zero-order valence-corrected chi connectivity index (χ0v) is 15.3. The van der Waals surface area contributed by atoms with E-state index in [4.69, 9.17) is 9.15 Å². The molecule has 1 amide bonds. The maximum atomic E-state index is 12.5. The molecule has 25 heavy (non-hydrogen) atoms. The van der Waals surface area contributed by atoms with Gasteiger partial charge in [-0.25, -0.2) is 4.79 Å². The van der Waals surface area contributed by atoms with Crippen LogP contribution in [0.1, 0.15) is 28.9 Å². The van der Waals surface area contributed by atoms with Gasteiger partial charge >= 0.3 is 5.63 Å². The van der Waals surface area contributed by atoms with Crippen molar-refractivity contribution in [3.8, 4) is 5.75 Å². The van der Waals surface area contributed by atoms with Crippen molar-refractivity contribution in [2.24, 2.45) is 0 Å². The highest BCUT2D eigenvalue weighted by Crippen LogP contribution is 2.28. The second-order valence-electron chi connectivity index (χ2n) is 5.57. The van der Waals surface area contributed by atoms with E-state index in [0.717, 1.165) is 10.0 Å². The van der Waals surface area contributed by atoms with Crippen molar-refractivity contribution in [2.45, 2.75) is 13.0 Å². The maximum Gasteiger partial charge on any atom is 0.349 e. The molecule has 2 aromatic carbocycles. The highest BCUT2D eigenvalue weighted by atomic mass is 79.9. The molecule has 1 aromatic heterocycles. The number of methoxy groups -OCH3 is 1. The van der Waals surface area contributed by atoms with Gasteiger partial charge in [-0.1, -0.05) is 24.3 Å². The molecule has 1 heterocycles. The monoisotopic (exact) mass is 401 g/mol. The molecule has 6 heteroatoms. The molecule has 0 bridgehead atoms. The Kier molecular flexibility index (Phi) is 4.90. The summed E-state index contributed by atoms with van der Waals surface area (Å²) >= 11 is 3.42. The maximum absolute atomic E-state index is 12.5. The van der Waals surface area contributed by atoms with Gasteiger partial charge in [0.05, 0.1) is 17.6 Å². The summed E-state index contributed by atoms with van der Waals surface area (Å²) < 4.78 is 11.2. The van der Waals surface area contributed by atoms with Crippen molar-refractivity contribution in [1.29, 1.82) is 0 Å². The van der Waals surface area contributed by atoms with Gasteiger partial charge in [0.25, 0.3) is 5.91 Å². The van der Waals surface area contributed by atoms with Crippen LogP contribution in [0.2, 0.25) is 0 Å². The van der Waals surface area contributed by atoms with Crippen molar-refractivity contribution >= 4 is 32.8 Å². The highest BCUT2D eigenvalue weighted by Gasteiger charge is 2.17. The first kappa shape index (κ1) is 17.2. The highest BCUT2D eigenvalue weighted by molar-refractivity contribution is 9.10. The van der Waals surface area contributed by atoms with Crippen molar-refractivity contribution in [3.63, 3.8) is 0 Å². The van der Waals surface area contributed by atoms with Crippen LogP contribution in [-0.4, -0.2) is 13.0 Å². The van der Waals surface area contributed by atoms with Crippen LogP contribution in [0.25, 0.3) is 11.0 Å². The topological polar surface area (TPSA) is 68.5 Å². The van der Waals surface area contributed by atoms with E-state index < -0.39 is 11.5 Å². The Labute approximate surface area is 152 Å². The van der Waals surface area contributed by atoms with Gasteiger partial charge in [-0.15, -0.1) is 0 Å². The zero-order valence-electron chi connectivity index (χ0n) is 13.7. The van der Waals surface area contributed by atoms with Gasteiger partial charge in [-0.3, -0.25) is 4.79 Å². The van der Waals surface area contributed by atoms with E-state index in [2.05, 4.69) is 21.2 Å². The number of ether oxygens (including phenoxy) is 1. The van der Waals surface area contributed by atoms with Gasteiger partial charge in [-0.2, -0.15) is 0 Å². The number of para-hydroxylation sites is 1. The molecule has 1 atom stereocenters. The smallest absolute Gasteiger partial charge is 0.349 e. The minimum atomic E-state index is -0.653. The number of carbonyl (C=O) groups excluding carboxylic acids is 1. The Balaban J connectivity index is 1.85. The van der Waals surface area contributed by atoms with Crippen LogP contribution in [-0.2, 0) is 0 Å². The third-order valence-corrected chi connectivity index (χ3v) is 4.53. The summed E-state index contributed by atoms with van der Waals surface area (Å²) in [4.78, 5) is 24.6. The molecule has 0 unspecified atom stereocenters. The third kappa shape index (κ3) is 3.58. The molecule has 0 aliphatic heterocycles. The summed E-state index contributed by atoms with van der Waals surface area (Å²) in [5.74, 6) is 0.233. The fraction of sp³-hybridized carbons (Fsp3) is 0.158. The Hall–Kier alpha value is -2.60. The van der Waals surface area contributed by atoms with E-state index >= 15 is 0 Å². The molecular formula is C19H16BrNO4. The molecule has 0 aliphatic carbocycles. The van der Waals surface area contributed by atoms with Crippen molar-refractivity contribution in [2.75, 3.05) is 7.11 Å². The lowest BCUT2D eigenvalue weighted by atomic mass is 10.1. The summed E-state index contributed by atoms with van der Waals surface area (Å²) in [5.41, 5.74) is 0.667. The Morgan fingerprint density at radius 3 is 2.68 bits per heavy atom. The van der Waals surface area contributed by atoms with Gasteiger partial charge in [0.2, 0.25) is 0 Å². The SMILES string of the molecule is COc1ccc([C@@H](C)NC(=O)c2cc3ccccc3oc2=O)cc1Br. The van der Waals surface area contributed by atoms with Crippen LogP contribution in [0, 0.1) is 0 Å². The number of rotatable bonds is 4. The first-order valence-electron chi connectivity index (χ1n) is 7.67. The predicted octanol–water partition coefficient (Wildman–Crippen LogP) is 4.06. The fourth-order valence-electron chi connectivity index (χ4n) is 2.53. The second kappa shape index (κ2) is 7.11. The molecule has 0 aliphatic rings. The van der Waals surface area contributed by atoms with E-state index in [1.54, 1.807) is 31.4 Å². The van der Waals surface area contributed by atoms with Crippen molar-refractivity contribution in [1.82, 2.24) is 5.32 Å². The lowest BCUT2D eigenvalue weighted by molar-refractivity contribution is 0.0936. The lowest BCUT2D eigenvalue weighted by Gasteiger charge is -2.15. The minimum Gasteiger partial charge on any atom is -0.496 e. The molecule has 0 saturated carbocycles. The van der Waals surface area contributed by atoms with E-state index in [9.17, 15) is 9.59 Å². The third-order valence-electron chi connectivity index (χ3n) is 3.91. The summed E-state index contributed by atoms with van der Waals surface area (Å²) in [6.07, 6.45) is 0. The molecule has 128 valence electrons. The minimum absolute atomic E-state index is 0.0156. The number of nitrogens with one attached hydrogen (secondary N) is 1. The molecular weight excluding hydrogens is 386 g/mol. The molecule has 0 fully saturated rings. The Bertz CT molecular complexity index is 996. The van der Waals surface area contributed by atoms with Gasteiger partial charge in [-0.05, 0) is 52.7 Å². The number of hydrogen-bond donors (Lipinski definition) is 1. The largest absolute Gasteiger partial charge is 0.496 e. The van der Waals surface area contributed by atoms with E-state index in [1.807, 2.05) is 31.2 Å². The number of benzene rings is 2. The Morgan fingerprint density at radius 2 is 1.96 bits per heavy atom. The number of amides is 1. The zero-order chi connectivity index (χ0) is 18.0. The second-order valence-corrected chi connectivity index (χ2v) is 6.43. The predicted molar refractivity (Wildman–Crippen MR) is 99.1 cm³/mol. The number of carbonyl (C=O) groups is 1. The van der Waals surface area contributed by atoms with Crippen LogP contribution in [0.15, 0.2) is 62.2 Å². The van der Waals surface area contributed by atoms with E-state index in [1.165, 1.54) is 0 Å². The first-order chi connectivity index (χ1) is 12.0. The Morgan fingerprint density at radius 1 is 1.20 bits per heavy atom.